The van der Waals surface area contributed by atoms with E-state index in [0.29, 0.717) is 23.9 Å². The first-order chi connectivity index (χ1) is 9.72. The molecule has 2 heterocycles. The third-order valence-electron chi connectivity index (χ3n) is 3.48. The van der Waals surface area contributed by atoms with Gasteiger partial charge in [-0.15, -0.1) is 0 Å². The summed E-state index contributed by atoms with van der Waals surface area (Å²) in [6.45, 7) is 0.425. The quantitative estimate of drug-likeness (QED) is 0.898. The highest BCUT2D eigenvalue weighted by molar-refractivity contribution is 5.49. The fraction of sp³-hybridized carbons (Fsp3) is 0.333. The normalized spacial score (nSPS) is 17.8. The van der Waals surface area contributed by atoms with E-state index < -0.39 is 0 Å². The highest BCUT2D eigenvalue weighted by Crippen LogP contribution is 2.39. The second-order valence-corrected chi connectivity index (χ2v) is 4.69. The number of phenols is 1. The lowest BCUT2D eigenvalue weighted by Crippen LogP contribution is -2.17. The van der Waals surface area contributed by atoms with Crippen molar-refractivity contribution in [3.8, 4) is 11.5 Å². The van der Waals surface area contributed by atoms with E-state index in [1.54, 1.807) is 18.2 Å². The summed E-state index contributed by atoms with van der Waals surface area (Å²) < 4.78 is 16.4. The summed E-state index contributed by atoms with van der Waals surface area (Å²) in [5.41, 5.74) is 1.94. The third-order valence-corrected chi connectivity index (χ3v) is 3.48. The van der Waals surface area contributed by atoms with Gasteiger partial charge in [-0.05, 0) is 41.8 Å². The first-order valence-corrected chi connectivity index (χ1v) is 6.43. The lowest BCUT2D eigenvalue weighted by molar-refractivity contribution is 0.0530. The second kappa shape index (κ2) is 5.19. The van der Waals surface area contributed by atoms with Gasteiger partial charge >= 0.3 is 0 Å². The van der Waals surface area contributed by atoms with E-state index in [2.05, 4.69) is 0 Å². The summed E-state index contributed by atoms with van der Waals surface area (Å²) in [7, 11) is 1.53. The molecule has 2 aromatic rings. The van der Waals surface area contributed by atoms with Crippen LogP contribution in [0.25, 0.3) is 0 Å². The number of hydrogen-bond donors (Lipinski definition) is 2. The highest BCUT2D eigenvalue weighted by atomic mass is 16.5. The first kappa shape index (κ1) is 13.0. The third kappa shape index (κ3) is 2.15. The maximum atomic E-state index is 9.93. The molecule has 5 nitrogen and oxygen atoms in total. The van der Waals surface area contributed by atoms with Crippen molar-refractivity contribution in [1.82, 2.24) is 0 Å². The minimum Gasteiger partial charge on any atom is -0.504 e. The van der Waals surface area contributed by atoms with Crippen LogP contribution in [0.1, 0.15) is 28.8 Å². The zero-order chi connectivity index (χ0) is 14.1. The van der Waals surface area contributed by atoms with Gasteiger partial charge < -0.3 is 24.1 Å². The Bertz CT molecular complexity index is 617. The Morgan fingerprint density at radius 2 is 2.20 bits per heavy atom. The van der Waals surface area contributed by atoms with Gasteiger partial charge in [0.05, 0.1) is 13.7 Å². The van der Waals surface area contributed by atoms with Crippen molar-refractivity contribution >= 4 is 0 Å². The van der Waals surface area contributed by atoms with Gasteiger partial charge in [0.25, 0.3) is 0 Å². The molecule has 1 atom stereocenters. The van der Waals surface area contributed by atoms with Crippen molar-refractivity contribution in [2.45, 2.75) is 19.1 Å². The second-order valence-electron chi connectivity index (χ2n) is 4.69. The van der Waals surface area contributed by atoms with Gasteiger partial charge in [0.2, 0.25) is 0 Å². The van der Waals surface area contributed by atoms with Gasteiger partial charge in [-0.1, -0.05) is 0 Å². The van der Waals surface area contributed by atoms with Crippen LogP contribution in [0, 0.1) is 0 Å². The van der Waals surface area contributed by atoms with Crippen LogP contribution in [0.3, 0.4) is 0 Å². The van der Waals surface area contributed by atoms with Gasteiger partial charge in [0, 0.05) is 0 Å². The molecule has 5 heteroatoms. The molecule has 1 aromatic carbocycles. The van der Waals surface area contributed by atoms with Crippen LogP contribution in [0.15, 0.2) is 28.7 Å². The van der Waals surface area contributed by atoms with E-state index in [9.17, 15) is 5.11 Å². The van der Waals surface area contributed by atoms with Crippen LogP contribution in [0.2, 0.25) is 0 Å². The van der Waals surface area contributed by atoms with Crippen molar-refractivity contribution in [3.05, 3.63) is 46.9 Å². The SMILES string of the molecule is COc1cc2c(cc1O)[C@@H](c1ccc(CO)o1)OCC2. The molecule has 1 aliphatic heterocycles. The number of rotatable bonds is 3. The molecule has 0 radical (unpaired) electrons. The zero-order valence-corrected chi connectivity index (χ0v) is 11.1. The van der Waals surface area contributed by atoms with Gasteiger partial charge in [0.15, 0.2) is 11.5 Å². The van der Waals surface area contributed by atoms with E-state index >= 15 is 0 Å². The molecule has 0 saturated heterocycles. The van der Waals surface area contributed by atoms with E-state index in [4.69, 9.17) is 19.0 Å². The number of furan rings is 1. The van der Waals surface area contributed by atoms with Crippen LogP contribution < -0.4 is 4.74 Å². The summed E-state index contributed by atoms with van der Waals surface area (Å²) in [6, 6.07) is 6.98. The van der Waals surface area contributed by atoms with Gasteiger partial charge in [-0.25, -0.2) is 0 Å². The van der Waals surface area contributed by atoms with Crippen LogP contribution in [-0.2, 0) is 17.8 Å². The largest absolute Gasteiger partial charge is 0.504 e. The number of ether oxygens (including phenoxy) is 2. The molecule has 0 spiro atoms. The monoisotopic (exact) mass is 276 g/mol. The Labute approximate surface area is 116 Å². The van der Waals surface area contributed by atoms with Crippen molar-refractivity contribution in [2.75, 3.05) is 13.7 Å². The number of benzene rings is 1. The van der Waals surface area contributed by atoms with Crippen molar-refractivity contribution in [3.63, 3.8) is 0 Å². The minimum atomic E-state index is -0.365. The number of aliphatic hydroxyl groups is 1. The molecule has 3 rings (SSSR count). The predicted octanol–water partition coefficient (Wildman–Crippen LogP) is 2.15. The number of aliphatic hydroxyl groups excluding tert-OH is 1. The van der Waals surface area contributed by atoms with Gasteiger partial charge in [0.1, 0.15) is 24.2 Å². The fourth-order valence-electron chi connectivity index (χ4n) is 2.48. The maximum absolute atomic E-state index is 9.93. The fourth-order valence-corrected chi connectivity index (χ4v) is 2.48. The topological polar surface area (TPSA) is 72.1 Å². The zero-order valence-electron chi connectivity index (χ0n) is 11.1. The summed E-state index contributed by atoms with van der Waals surface area (Å²) >= 11 is 0. The molecule has 1 aliphatic rings. The smallest absolute Gasteiger partial charge is 0.160 e. The average Bonchev–Trinajstić information content (AvgIpc) is 2.94. The lowest BCUT2D eigenvalue weighted by Gasteiger charge is -2.25. The average molecular weight is 276 g/mol. The molecule has 0 saturated carbocycles. The number of aromatic hydroxyl groups is 1. The molecule has 0 amide bonds. The number of phenolic OH excluding ortho intramolecular Hbond substituents is 1. The summed E-state index contributed by atoms with van der Waals surface area (Å²) in [6.07, 6.45) is 0.395. The minimum absolute atomic E-state index is 0.0793. The lowest BCUT2D eigenvalue weighted by atomic mass is 9.95. The van der Waals surface area contributed by atoms with Crippen LogP contribution in [-0.4, -0.2) is 23.9 Å². The molecule has 0 fully saturated rings. The number of hydrogen-bond acceptors (Lipinski definition) is 5. The molecular formula is C15H16O5. The molecule has 0 unspecified atom stereocenters. The number of fused-ring (bicyclic) bond motifs is 1. The van der Waals surface area contributed by atoms with Crippen molar-refractivity contribution in [1.29, 1.82) is 0 Å². The Balaban J connectivity index is 2.03. The molecule has 1 aromatic heterocycles. The first-order valence-electron chi connectivity index (χ1n) is 6.43. The summed E-state index contributed by atoms with van der Waals surface area (Å²) in [5, 5.41) is 19.0. The summed E-state index contributed by atoms with van der Waals surface area (Å²) in [5.74, 6) is 1.66. The molecule has 2 N–H and O–H groups in total. The molecule has 0 aliphatic carbocycles. The van der Waals surface area contributed by atoms with Gasteiger partial charge in [-0.2, -0.15) is 0 Å². The van der Waals surface area contributed by atoms with Crippen molar-refractivity contribution < 1.29 is 24.1 Å². The standard InChI is InChI=1S/C15H16O5/c1-18-14-6-9-4-5-19-15(11(9)7-12(14)17)13-3-2-10(8-16)20-13/h2-3,6-7,15-17H,4-5,8H2,1H3/t15-/m0/s1. The van der Waals surface area contributed by atoms with E-state index in [1.807, 2.05) is 6.07 Å². The maximum Gasteiger partial charge on any atom is 0.160 e. The molecule has 106 valence electrons. The Morgan fingerprint density at radius 3 is 2.90 bits per heavy atom. The van der Waals surface area contributed by atoms with E-state index in [1.165, 1.54) is 7.11 Å². The van der Waals surface area contributed by atoms with Crippen LogP contribution >= 0.6 is 0 Å². The predicted molar refractivity (Wildman–Crippen MR) is 70.8 cm³/mol. The Kier molecular flexibility index (Phi) is 3.38. The Morgan fingerprint density at radius 1 is 1.35 bits per heavy atom. The molecule has 20 heavy (non-hydrogen) atoms. The van der Waals surface area contributed by atoms with Crippen LogP contribution in [0.5, 0.6) is 11.5 Å². The van der Waals surface area contributed by atoms with Gasteiger partial charge in [-0.3, -0.25) is 0 Å². The molecular weight excluding hydrogens is 260 g/mol. The highest BCUT2D eigenvalue weighted by Gasteiger charge is 2.27. The van der Waals surface area contributed by atoms with Crippen LogP contribution in [0.4, 0.5) is 0 Å². The van der Waals surface area contributed by atoms with Crippen molar-refractivity contribution in [2.24, 2.45) is 0 Å². The van der Waals surface area contributed by atoms with E-state index in [0.717, 1.165) is 17.5 Å². The van der Waals surface area contributed by atoms with E-state index in [-0.39, 0.29) is 18.5 Å². The number of methoxy groups -OCH3 is 1. The molecule has 0 bridgehead atoms. The Hall–Kier alpha value is -1.98. The summed E-state index contributed by atoms with van der Waals surface area (Å²) in [4.78, 5) is 0.